The molecule has 1 aromatic carbocycles. The normalized spacial score (nSPS) is 22.7. The zero-order chi connectivity index (χ0) is 14.8. The summed E-state index contributed by atoms with van der Waals surface area (Å²) in [5.41, 5.74) is 12.5. The molecule has 2 heterocycles. The van der Waals surface area contributed by atoms with Gasteiger partial charge in [-0.1, -0.05) is 13.0 Å². The molecule has 0 aromatic heterocycles. The minimum Gasteiger partial charge on any atom is -0.397 e. The number of piperazine rings is 1. The van der Waals surface area contributed by atoms with Crippen LogP contribution in [0.4, 0.5) is 11.4 Å². The van der Waals surface area contributed by atoms with Crippen LogP contribution >= 0.6 is 0 Å². The van der Waals surface area contributed by atoms with Crippen LogP contribution in [0.5, 0.6) is 0 Å². The molecule has 0 radical (unpaired) electrons. The minimum atomic E-state index is -0.0309. The maximum Gasteiger partial charge on any atom is 0.240 e. The zero-order valence-electron chi connectivity index (χ0n) is 12.2. The Balaban J connectivity index is 1.85. The highest BCUT2D eigenvalue weighted by molar-refractivity contribution is 6.06. The lowest BCUT2D eigenvalue weighted by Gasteiger charge is -2.30. The molecule has 2 aliphatic rings. The van der Waals surface area contributed by atoms with Crippen LogP contribution in [0, 0.1) is 5.92 Å². The Hall–Kier alpha value is -2.08. The lowest BCUT2D eigenvalue weighted by atomic mass is 9.93. The van der Waals surface area contributed by atoms with Crippen molar-refractivity contribution in [2.75, 3.05) is 36.8 Å². The summed E-state index contributed by atoms with van der Waals surface area (Å²) < 4.78 is 0. The predicted molar refractivity (Wildman–Crippen MR) is 84.4 cm³/mol. The van der Waals surface area contributed by atoms with Crippen molar-refractivity contribution in [1.82, 2.24) is 10.7 Å². The number of nitrogens with two attached hydrogens (primary N) is 1. The molecule has 0 spiro atoms. The molecule has 1 atom stereocenters. The van der Waals surface area contributed by atoms with Crippen LogP contribution in [-0.2, 0) is 4.79 Å². The first-order valence-corrected chi connectivity index (χ1v) is 7.37. The molecular weight excluding hydrogens is 266 g/mol. The summed E-state index contributed by atoms with van der Waals surface area (Å²) >= 11 is 0. The van der Waals surface area contributed by atoms with Gasteiger partial charge >= 0.3 is 0 Å². The SMILES string of the molecule is CC1CC(=O)NN=C1c1ccc(N2CCNCC2)c(N)c1. The summed E-state index contributed by atoms with van der Waals surface area (Å²) in [6.45, 7) is 5.92. The Bertz CT molecular complexity index is 577. The van der Waals surface area contributed by atoms with Crippen LogP contribution in [0.25, 0.3) is 0 Å². The number of carbonyl (C=O) groups excluding carboxylic acids is 1. The van der Waals surface area contributed by atoms with Gasteiger partial charge in [-0.15, -0.1) is 0 Å². The number of nitrogens with zero attached hydrogens (tertiary/aromatic N) is 2. The number of hydrazone groups is 1. The fourth-order valence-electron chi connectivity index (χ4n) is 2.91. The van der Waals surface area contributed by atoms with Crippen molar-refractivity contribution in [3.8, 4) is 0 Å². The Morgan fingerprint density at radius 2 is 2.10 bits per heavy atom. The Labute approximate surface area is 124 Å². The Kier molecular flexibility index (Phi) is 3.79. The summed E-state index contributed by atoms with van der Waals surface area (Å²) in [7, 11) is 0. The number of benzene rings is 1. The van der Waals surface area contributed by atoms with Gasteiger partial charge in [-0.2, -0.15) is 5.10 Å². The Morgan fingerprint density at radius 3 is 2.76 bits per heavy atom. The average Bonchev–Trinajstić information content (AvgIpc) is 2.48. The van der Waals surface area contributed by atoms with E-state index < -0.39 is 0 Å². The van der Waals surface area contributed by atoms with E-state index in [0.717, 1.165) is 48.8 Å². The van der Waals surface area contributed by atoms with Crippen LogP contribution < -0.4 is 21.4 Å². The van der Waals surface area contributed by atoms with Crippen molar-refractivity contribution in [2.24, 2.45) is 11.0 Å². The van der Waals surface area contributed by atoms with Crippen LogP contribution in [0.1, 0.15) is 18.9 Å². The third-order valence-corrected chi connectivity index (χ3v) is 4.04. The topological polar surface area (TPSA) is 82.8 Å². The number of rotatable bonds is 2. The molecular formula is C15H21N5O. The molecule has 112 valence electrons. The molecule has 0 bridgehead atoms. The lowest BCUT2D eigenvalue weighted by Crippen LogP contribution is -2.43. The van der Waals surface area contributed by atoms with Crippen LogP contribution in [-0.4, -0.2) is 37.8 Å². The van der Waals surface area contributed by atoms with E-state index >= 15 is 0 Å². The monoisotopic (exact) mass is 287 g/mol. The third-order valence-electron chi connectivity index (χ3n) is 4.04. The Morgan fingerprint density at radius 1 is 1.33 bits per heavy atom. The summed E-state index contributed by atoms with van der Waals surface area (Å²) in [6, 6.07) is 6.06. The fourth-order valence-corrected chi connectivity index (χ4v) is 2.91. The van der Waals surface area contributed by atoms with E-state index in [2.05, 4.69) is 26.8 Å². The first-order chi connectivity index (χ1) is 10.1. The molecule has 1 amide bonds. The second-order valence-corrected chi connectivity index (χ2v) is 5.65. The molecule has 6 heteroatoms. The fraction of sp³-hybridized carbons (Fsp3) is 0.467. The number of nitrogens with one attached hydrogen (secondary N) is 2. The van der Waals surface area contributed by atoms with Crippen molar-refractivity contribution in [3.63, 3.8) is 0 Å². The van der Waals surface area contributed by atoms with Gasteiger partial charge in [0.2, 0.25) is 5.91 Å². The molecule has 2 aliphatic heterocycles. The van der Waals surface area contributed by atoms with Crippen molar-refractivity contribution >= 4 is 23.0 Å². The van der Waals surface area contributed by atoms with E-state index in [1.807, 2.05) is 19.1 Å². The third kappa shape index (κ3) is 2.85. The highest BCUT2D eigenvalue weighted by Crippen LogP contribution is 2.27. The van der Waals surface area contributed by atoms with Crippen molar-refractivity contribution in [2.45, 2.75) is 13.3 Å². The average molecular weight is 287 g/mol. The number of hydrogen-bond acceptors (Lipinski definition) is 5. The first kappa shape index (κ1) is 13.9. The number of amides is 1. The zero-order valence-corrected chi connectivity index (χ0v) is 12.2. The number of carbonyl (C=O) groups is 1. The molecule has 1 aromatic rings. The lowest BCUT2D eigenvalue weighted by molar-refractivity contribution is -0.121. The van der Waals surface area contributed by atoms with E-state index in [-0.39, 0.29) is 11.8 Å². The van der Waals surface area contributed by atoms with Gasteiger partial charge in [-0.25, -0.2) is 5.43 Å². The molecule has 0 aliphatic carbocycles. The van der Waals surface area contributed by atoms with Gasteiger partial charge in [0.1, 0.15) is 0 Å². The van der Waals surface area contributed by atoms with Crippen molar-refractivity contribution in [3.05, 3.63) is 23.8 Å². The standard InChI is InChI=1S/C15H21N5O/c1-10-8-14(21)18-19-15(10)11-2-3-13(12(16)9-11)20-6-4-17-5-7-20/h2-3,9-10,17H,4-8,16H2,1H3,(H,18,21). The molecule has 4 N–H and O–H groups in total. The predicted octanol–water partition coefficient (Wildman–Crippen LogP) is 0.539. The number of nitrogen functional groups attached to an aromatic ring is 1. The van der Waals surface area contributed by atoms with Crippen LogP contribution in [0.3, 0.4) is 0 Å². The summed E-state index contributed by atoms with van der Waals surface area (Å²) in [5, 5.41) is 7.52. The van der Waals surface area contributed by atoms with Gasteiger partial charge in [0.25, 0.3) is 0 Å². The van der Waals surface area contributed by atoms with Gasteiger partial charge in [0.15, 0.2) is 0 Å². The van der Waals surface area contributed by atoms with E-state index in [1.54, 1.807) is 0 Å². The van der Waals surface area contributed by atoms with Crippen molar-refractivity contribution < 1.29 is 4.79 Å². The van der Waals surface area contributed by atoms with Crippen LogP contribution in [0.2, 0.25) is 0 Å². The second kappa shape index (κ2) is 5.73. The first-order valence-electron chi connectivity index (χ1n) is 7.37. The molecule has 6 nitrogen and oxygen atoms in total. The molecule has 0 saturated carbocycles. The molecule has 1 unspecified atom stereocenters. The smallest absolute Gasteiger partial charge is 0.240 e. The summed E-state index contributed by atoms with van der Waals surface area (Å²) in [5.74, 6) is 0.0832. The van der Waals surface area contributed by atoms with E-state index in [4.69, 9.17) is 5.73 Å². The molecule has 1 fully saturated rings. The van der Waals surface area contributed by atoms with Crippen LogP contribution in [0.15, 0.2) is 23.3 Å². The van der Waals surface area contributed by atoms with Gasteiger partial charge in [0.05, 0.1) is 17.1 Å². The van der Waals surface area contributed by atoms with Gasteiger partial charge in [0, 0.05) is 44.1 Å². The van der Waals surface area contributed by atoms with E-state index in [0.29, 0.717) is 6.42 Å². The maximum atomic E-state index is 11.3. The van der Waals surface area contributed by atoms with E-state index in [9.17, 15) is 4.79 Å². The second-order valence-electron chi connectivity index (χ2n) is 5.65. The molecule has 3 rings (SSSR count). The van der Waals surface area contributed by atoms with Crippen molar-refractivity contribution in [1.29, 1.82) is 0 Å². The highest BCUT2D eigenvalue weighted by Gasteiger charge is 2.22. The quantitative estimate of drug-likeness (QED) is 0.693. The highest BCUT2D eigenvalue weighted by atomic mass is 16.2. The van der Waals surface area contributed by atoms with E-state index in [1.165, 1.54) is 0 Å². The summed E-state index contributed by atoms with van der Waals surface area (Å²) in [4.78, 5) is 13.6. The molecule has 21 heavy (non-hydrogen) atoms. The number of hydrogen-bond donors (Lipinski definition) is 3. The molecule has 1 saturated heterocycles. The largest absolute Gasteiger partial charge is 0.397 e. The number of anilines is 2. The van der Waals surface area contributed by atoms with Gasteiger partial charge in [-0.3, -0.25) is 4.79 Å². The summed E-state index contributed by atoms with van der Waals surface area (Å²) in [6.07, 6.45) is 0.471. The van der Waals surface area contributed by atoms with Gasteiger partial charge < -0.3 is 16.0 Å². The minimum absolute atomic E-state index is 0.0309. The van der Waals surface area contributed by atoms with Gasteiger partial charge in [-0.05, 0) is 12.1 Å². The maximum absolute atomic E-state index is 11.3.